The van der Waals surface area contributed by atoms with E-state index in [0.29, 0.717) is 25.9 Å². The Hall–Kier alpha value is -2.77. The van der Waals surface area contributed by atoms with Crippen LogP contribution in [-0.4, -0.2) is 64.8 Å². The second-order valence-electron chi connectivity index (χ2n) is 8.23. The normalized spacial score (nSPS) is 14.9. The van der Waals surface area contributed by atoms with E-state index in [0.717, 1.165) is 5.56 Å². The summed E-state index contributed by atoms with van der Waals surface area (Å²) in [4.78, 5) is 38.6. The molecule has 0 aromatic heterocycles. The first-order valence-electron chi connectivity index (χ1n) is 9.79. The van der Waals surface area contributed by atoms with Gasteiger partial charge in [-0.3, -0.25) is 9.69 Å². The second-order valence-corrected chi connectivity index (χ2v) is 8.23. The van der Waals surface area contributed by atoms with Gasteiger partial charge in [0.05, 0.1) is 0 Å². The maximum absolute atomic E-state index is 12.4. The van der Waals surface area contributed by atoms with Gasteiger partial charge in [0.2, 0.25) is 0 Å². The minimum Gasteiger partial charge on any atom is -0.480 e. The summed E-state index contributed by atoms with van der Waals surface area (Å²) in [5.74, 6) is -0.995. The first kappa shape index (κ1) is 22.5. The summed E-state index contributed by atoms with van der Waals surface area (Å²) >= 11 is 0. The smallest absolute Gasteiger partial charge is 0.410 e. The molecule has 160 valence electrons. The number of nitrogens with zero attached hydrogens (tertiary/aromatic N) is 2. The number of likely N-dealkylation sites (tertiary alicyclic amines) is 1. The van der Waals surface area contributed by atoms with Gasteiger partial charge in [0.25, 0.3) is 0 Å². The van der Waals surface area contributed by atoms with E-state index in [1.54, 1.807) is 4.90 Å². The molecule has 2 rings (SSSR count). The van der Waals surface area contributed by atoms with E-state index in [-0.39, 0.29) is 25.2 Å². The molecule has 0 unspecified atom stereocenters. The van der Waals surface area contributed by atoms with Crippen LogP contribution in [0.2, 0.25) is 0 Å². The summed E-state index contributed by atoms with van der Waals surface area (Å²) in [6.45, 7) is 6.45. The van der Waals surface area contributed by atoms with Crippen molar-refractivity contribution in [3.05, 3.63) is 35.9 Å². The third-order valence-corrected chi connectivity index (χ3v) is 4.53. The van der Waals surface area contributed by atoms with Gasteiger partial charge in [0, 0.05) is 19.6 Å². The molecule has 1 N–H and O–H groups in total. The topological polar surface area (TPSA) is 96.4 Å². The van der Waals surface area contributed by atoms with Crippen molar-refractivity contribution in [1.29, 1.82) is 0 Å². The van der Waals surface area contributed by atoms with Gasteiger partial charge in [-0.2, -0.15) is 0 Å². The molecule has 2 amide bonds. The molecule has 0 atom stereocenters. The van der Waals surface area contributed by atoms with Crippen molar-refractivity contribution in [2.24, 2.45) is 5.92 Å². The SMILES string of the molecule is CC(C)(C)OC(=O)N1CCC(CN(CC(=O)O)C(=O)OCc2ccccc2)CC1. The number of ether oxygens (including phenoxy) is 2. The zero-order valence-corrected chi connectivity index (χ0v) is 17.3. The summed E-state index contributed by atoms with van der Waals surface area (Å²) in [6.07, 6.45) is 0.342. The Morgan fingerprint density at radius 3 is 2.31 bits per heavy atom. The molecule has 8 nitrogen and oxygen atoms in total. The van der Waals surface area contributed by atoms with Crippen LogP contribution in [0.3, 0.4) is 0 Å². The van der Waals surface area contributed by atoms with E-state index in [1.165, 1.54) is 4.90 Å². The monoisotopic (exact) mass is 406 g/mol. The van der Waals surface area contributed by atoms with E-state index in [2.05, 4.69) is 0 Å². The number of aliphatic carboxylic acids is 1. The minimum absolute atomic E-state index is 0.0902. The third kappa shape index (κ3) is 8.01. The Morgan fingerprint density at radius 1 is 1.14 bits per heavy atom. The van der Waals surface area contributed by atoms with Crippen LogP contribution in [-0.2, 0) is 20.9 Å². The Balaban J connectivity index is 1.86. The number of benzene rings is 1. The zero-order valence-electron chi connectivity index (χ0n) is 17.3. The molecule has 1 aromatic carbocycles. The van der Waals surface area contributed by atoms with Gasteiger partial charge in [-0.1, -0.05) is 30.3 Å². The fourth-order valence-corrected chi connectivity index (χ4v) is 3.11. The molecule has 1 heterocycles. The average Bonchev–Trinajstić information content (AvgIpc) is 2.65. The third-order valence-electron chi connectivity index (χ3n) is 4.53. The molecular formula is C21H30N2O6. The molecule has 1 saturated heterocycles. The molecule has 29 heavy (non-hydrogen) atoms. The fourth-order valence-electron chi connectivity index (χ4n) is 3.11. The van der Waals surface area contributed by atoms with Crippen molar-refractivity contribution >= 4 is 18.2 Å². The van der Waals surface area contributed by atoms with Gasteiger partial charge in [-0.25, -0.2) is 9.59 Å². The first-order valence-corrected chi connectivity index (χ1v) is 9.79. The quantitative estimate of drug-likeness (QED) is 0.778. The van der Waals surface area contributed by atoms with Crippen molar-refractivity contribution in [3.63, 3.8) is 0 Å². The molecule has 8 heteroatoms. The molecule has 1 aliphatic heterocycles. The summed E-state index contributed by atoms with van der Waals surface area (Å²) in [5, 5.41) is 9.15. The standard InChI is InChI=1S/C21H30N2O6/c1-21(2,3)29-20(27)22-11-9-16(10-12-22)13-23(14-18(24)25)19(26)28-15-17-7-5-4-6-8-17/h4-8,16H,9-15H2,1-3H3,(H,24,25). The van der Waals surface area contributed by atoms with Crippen molar-refractivity contribution in [2.75, 3.05) is 26.2 Å². The maximum atomic E-state index is 12.4. The lowest BCUT2D eigenvalue weighted by Gasteiger charge is -2.35. The predicted molar refractivity (Wildman–Crippen MR) is 106 cm³/mol. The van der Waals surface area contributed by atoms with Crippen molar-refractivity contribution in [2.45, 2.75) is 45.8 Å². The number of carboxylic acids is 1. The molecule has 0 bridgehead atoms. The average molecular weight is 406 g/mol. The van der Waals surface area contributed by atoms with Gasteiger partial charge >= 0.3 is 18.2 Å². The van der Waals surface area contributed by atoms with Gasteiger partial charge in [-0.05, 0) is 45.1 Å². The zero-order chi connectivity index (χ0) is 21.4. The summed E-state index contributed by atoms with van der Waals surface area (Å²) in [5.41, 5.74) is 0.288. The predicted octanol–water partition coefficient (Wildman–Crippen LogP) is 3.36. The molecule has 0 aliphatic carbocycles. The molecule has 1 fully saturated rings. The summed E-state index contributed by atoms with van der Waals surface area (Å²) in [7, 11) is 0. The lowest BCUT2D eigenvalue weighted by molar-refractivity contribution is -0.138. The Morgan fingerprint density at radius 2 is 1.76 bits per heavy atom. The Kier molecular flexibility index (Phi) is 7.87. The maximum Gasteiger partial charge on any atom is 0.410 e. The van der Waals surface area contributed by atoms with Crippen molar-refractivity contribution in [3.8, 4) is 0 Å². The number of hydrogen-bond acceptors (Lipinski definition) is 5. The number of carbonyl (C=O) groups excluding carboxylic acids is 2. The van der Waals surface area contributed by atoms with E-state index >= 15 is 0 Å². The number of amides is 2. The highest BCUT2D eigenvalue weighted by molar-refractivity contribution is 5.76. The van der Waals surface area contributed by atoms with Crippen LogP contribution in [0.4, 0.5) is 9.59 Å². The van der Waals surface area contributed by atoms with E-state index < -0.39 is 24.2 Å². The van der Waals surface area contributed by atoms with Crippen molar-refractivity contribution < 1.29 is 29.0 Å². The van der Waals surface area contributed by atoms with Crippen LogP contribution in [0.5, 0.6) is 0 Å². The van der Waals surface area contributed by atoms with Gasteiger partial charge in [-0.15, -0.1) is 0 Å². The molecule has 0 saturated carbocycles. The number of carboxylic acid groups (broad SMARTS) is 1. The number of carbonyl (C=O) groups is 3. The van der Waals surface area contributed by atoms with Crippen LogP contribution < -0.4 is 0 Å². The van der Waals surface area contributed by atoms with Crippen LogP contribution in [0.15, 0.2) is 30.3 Å². The number of piperidine rings is 1. The first-order chi connectivity index (χ1) is 13.6. The number of hydrogen-bond donors (Lipinski definition) is 1. The van der Waals surface area contributed by atoms with Crippen LogP contribution in [0.1, 0.15) is 39.2 Å². The Labute approximate surface area is 171 Å². The molecule has 0 spiro atoms. The highest BCUT2D eigenvalue weighted by Gasteiger charge is 2.29. The van der Waals surface area contributed by atoms with Crippen LogP contribution >= 0.6 is 0 Å². The van der Waals surface area contributed by atoms with Crippen molar-refractivity contribution in [1.82, 2.24) is 9.80 Å². The molecule has 1 aromatic rings. The van der Waals surface area contributed by atoms with Gasteiger partial charge < -0.3 is 19.5 Å². The highest BCUT2D eigenvalue weighted by Crippen LogP contribution is 2.21. The van der Waals surface area contributed by atoms with E-state index in [1.807, 2.05) is 51.1 Å². The molecule has 0 radical (unpaired) electrons. The van der Waals surface area contributed by atoms with Crippen LogP contribution in [0.25, 0.3) is 0 Å². The Bertz CT molecular complexity index is 693. The second kappa shape index (κ2) is 10.1. The lowest BCUT2D eigenvalue weighted by Crippen LogP contribution is -2.45. The van der Waals surface area contributed by atoms with Crippen LogP contribution in [0, 0.1) is 5.92 Å². The minimum atomic E-state index is -1.09. The van der Waals surface area contributed by atoms with E-state index in [4.69, 9.17) is 14.6 Å². The highest BCUT2D eigenvalue weighted by atomic mass is 16.6. The number of rotatable bonds is 6. The van der Waals surface area contributed by atoms with E-state index in [9.17, 15) is 14.4 Å². The lowest BCUT2D eigenvalue weighted by atomic mass is 9.96. The fraction of sp³-hybridized carbons (Fsp3) is 0.571. The van der Waals surface area contributed by atoms with Gasteiger partial charge in [0.1, 0.15) is 18.8 Å². The largest absolute Gasteiger partial charge is 0.480 e. The van der Waals surface area contributed by atoms with Gasteiger partial charge in [0.15, 0.2) is 0 Å². The molecular weight excluding hydrogens is 376 g/mol. The summed E-state index contributed by atoms with van der Waals surface area (Å²) < 4.78 is 10.7. The molecule has 1 aliphatic rings. The summed E-state index contributed by atoms with van der Waals surface area (Å²) in [6, 6.07) is 9.22.